The highest BCUT2D eigenvalue weighted by molar-refractivity contribution is 5.45. The SMILES string of the molecule is C/C=C1\C2=C(C)N(C)CCN2[C@@H](CCN(C)C)C1(C)C. The summed E-state index contributed by atoms with van der Waals surface area (Å²) in [7, 11) is 6.56. The lowest BCUT2D eigenvalue weighted by atomic mass is 9.78. The summed E-state index contributed by atoms with van der Waals surface area (Å²) in [5.41, 5.74) is 4.71. The molecule has 0 radical (unpaired) electrons. The number of fused-ring (bicyclic) bond motifs is 1. The Morgan fingerprint density at radius 3 is 2.50 bits per heavy atom. The Balaban J connectivity index is 2.40. The number of rotatable bonds is 3. The first-order chi connectivity index (χ1) is 9.30. The average molecular weight is 277 g/mol. The molecule has 0 saturated carbocycles. The first kappa shape index (κ1) is 15.4. The van der Waals surface area contributed by atoms with Crippen LogP contribution < -0.4 is 0 Å². The molecule has 0 spiro atoms. The summed E-state index contributed by atoms with van der Waals surface area (Å²) in [4.78, 5) is 7.38. The van der Waals surface area contributed by atoms with Gasteiger partial charge >= 0.3 is 0 Å². The van der Waals surface area contributed by atoms with E-state index in [1.165, 1.54) is 23.4 Å². The van der Waals surface area contributed by atoms with Gasteiger partial charge in [0.1, 0.15) is 0 Å². The van der Waals surface area contributed by atoms with Crippen molar-refractivity contribution < 1.29 is 0 Å². The van der Waals surface area contributed by atoms with Crippen molar-refractivity contribution in [1.29, 1.82) is 0 Å². The van der Waals surface area contributed by atoms with Gasteiger partial charge in [-0.25, -0.2) is 0 Å². The second-order valence-corrected chi connectivity index (χ2v) is 7.08. The Kier molecular flexibility index (Phi) is 4.19. The molecule has 0 aromatic carbocycles. The molecule has 0 aromatic rings. The molecule has 0 amide bonds. The number of hydrogen-bond acceptors (Lipinski definition) is 3. The van der Waals surface area contributed by atoms with Gasteiger partial charge in [0.25, 0.3) is 0 Å². The molecule has 20 heavy (non-hydrogen) atoms. The molecule has 2 aliphatic heterocycles. The van der Waals surface area contributed by atoms with Crippen LogP contribution in [0.2, 0.25) is 0 Å². The normalized spacial score (nSPS) is 27.8. The predicted molar refractivity (Wildman–Crippen MR) is 86.5 cm³/mol. The van der Waals surface area contributed by atoms with Gasteiger partial charge in [0.2, 0.25) is 0 Å². The number of allylic oxidation sites excluding steroid dienone is 3. The van der Waals surface area contributed by atoms with Crippen LogP contribution in [0.5, 0.6) is 0 Å². The number of nitrogens with zero attached hydrogens (tertiary/aromatic N) is 3. The van der Waals surface area contributed by atoms with Gasteiger partial charge in [-0.1, -0.05) is 19.9 Å². The van der Waals surface area contributed by atoms with Gasteiger partial charge in [-0.3, -0.25) is 0 Å². The van der Waals surface area contributed by atoms with Crippen molar-refractivity contribution in [2.75, 3.05) is 40.8 Å². The van der Waals surface area contributed by atoms with E-state index < -0.39 is 0 Å². The Morgan fingerprint density at radius 1 is 1.30 bits per heavy atom. The molecule has 2 heterocycles. The zero-order chi connectivity index (χ0) is 15.1. The van der Waals surface area contributed by atoms with Gasteiger partial charge in [-0.15, -0.1) is 0 Å². The fourth-order valence-electron chi connectivity index (χ4n) is 3.87. The molecule has 3 nitrogen and oxygen atoms in total. The summed E-state index contributed by atoms with van der Waals surface area (Å²) in [5, 5.41) is 0. The van der Waals surface area contributed by atoms with Crippen molar-refractivity contribution in [2.24, 2.45) is 5.41 Å². The van der Waals surface area contributed by atoms with Crippen LogP contribution in [0.3, 0.4) is 0 Å². The molecular weight excluding hydrogens is 246 g/mol. The molecule has 0 bridgehead atoms. The maximum atomic E-state index is 2.67. The molecule has 1 atom stereocenters. The van der Waals surface area contributed by atoms with Gasteiger partial charge in [-0.2, -0.15) is 0 Å². The summed E-state index contributed by atoms with van der Waals surface area (Å²) in [6.45, 7) is 12.8. The van der Waals surface area contributed by atoms with E-state index >= 15 is 0 Å². The number of hydrogen-bond donors (Lipinski definition) is 0. The lowest BCUT2D eigenvalue weighted by Gasteiger charge is -2.39. The summed E-state index contributed by atoms with van der Waals surface area (Å²) in [6.07, 6.45) is 3.57. The first-order valence-electron chi connectivity index (χ1n) is 7.81. The summed E-state index contributed by atoms with van der Waals surface area (Å²) >= 11 is 0. The highest BCUT2D eigenvalue weighted by atomic mass is 15.3. The van der Waals surface area contributed by atoms with Crippen LogP contribution in [0.4, 0.5) is 0 Å². The Hall–Kier alpha value is -0.960. The van der Waals surface area contributed by atoms with E-state index in [0.29, 0.717) is 6.04 Å². The molecule has 1 saturated heterocycles. The molecule has 114 valence electrons. The second kappa shape index (κ2) is 5.44. The third-order valence-corrected chi connectivity index (χ3v) is 5.18. The minimum Gasteiger partial charge on any atom is -0.375 e. The van der Waals surface area contributed by atoms with Crippen LogP contribution in [-0.2, 0) is 0 Å². The van der Waals surface area contributed by atoms with E-state index in [0.717, 1.165) is 19.6 Å². The van der Waals surface area contributed by atoms with Crippen LogP contribution in [-0.4, -0.2) is 61.5 Å². The van der Waals surface area contributed by atoms with E-state index in [9.17, 15) is 0 Å². The lowest BCUT2D eigenvalue weighted by Crippen LogP contribution is -2.44. The number of likely N-dealkylation sites (N-methyl/N-ethyl adjacent to an activating group) is 1. The van der Waals surface area contributed by atoms with Gasteiger partial charge in [0.15, 0.2) is 0 Å². The van der Waals surface area contributed by atoms with E-state index in [1.807, 2.05) is 0 Å². The van der Waals surface area contributed by atoms with Crippen LogP contribution >= 0.6 is 0 Å². The van der Waals surface area contributed by atoms with Crippen molar-refractivity contribution in [1.82, 2.24) is 14.7 Å². The van der Waals surface area contributed by atoms with E-state index in [1.54, 1.807) is 0 Å². The van der Waals surface area contributed by atoms with Crippen molar-refractivity contribution in [3.63, 3.8) is 0 Å². The fraction of sp³-hybridized carbons (Fsp3) is 0.765. The van der Waals surface area contributed by atoms with Gasteiger partial charge < -0.3 is 14.7 Å². The molecule has 0 unspecified atom stereocenters. The minimum atomic E-state index is 0.243. The molecule has 0 aliphatic carbocycles. The van der Waals surface area contributed by atoms with E-state index in [2.05, 4.69) is 69.6 Å². The first-order valence-corrected chi connectivity index (χ1v) is 7.81. The molecule has 2 aliphatic rings. The van der Waals surface area contributed by atoms with Crippen LogP contribution in [0.25, 0.3) is 0 Å². The monoisotopic (exact) mass is 277 g/mol. The second-order valence-electron chi connectivity index (χ2n) is 7.08. The summed E-state index contributed by atoms with van der Waals surface area (Å²) in [5.74, 6) is 0. The standard InChI is InChI=1S/C17H31N3/c1-8-14-16-13(2)19(7)11-12-20(16)15(17(14,3)4)9-10-18(5)6/h8,15H,9-12H2,1-7H3/b14-8+/t15-/m0/s1. The molecular formula is C17H31N3. The minimum absolute atomic E-state index is 0.243. The third-order valence-electron chi connectivity index (χ3n) is 5.18. The van der Waals surface area contributed by atoms with E-state index in [4.69, 9.17) is 0 Å². The Labute approximate surface area is 124 Å². The quantitative estimate of drug-likeness (QED) is 0.785. The maximum Gasteiger partial charge on any atom is 0.0597 e. The Morgan fingerprint density at radius 2 is 1.95 bits per heavy atom. The Bertz CT molecular complexity index is 432. The van der Waals surface area contributed by atoms with Crippen molar-refractivity contribution in [2.45, 2.75) is 40.2 Å². The highest BCUT2D eigenvalue weighted by Gasteiger charge is 2.48. The fourth-order valence-corrected chi connectivity index (χ4v) is 3.87. The van der Waals surface area contributed by atoms with Crippen LogP contribution in [0, 0.1) is 5.41 Å². The summed E-state index contributed by atoms with van der Waals surface area (Å²) < 4.78 is 0. The van der Waals surface area contributed by atoms with Gasteiger partial charge in [0.05, 0.1) is 5.70 Å². The van der Waals surface area contributed by atoms with Crippen LogP contribution in [0.15, 0.2) is 23.0 Å². The zero-order valence-electron chi connectivity index (χ0n) is 14.3. The molecule has 2 rings (SSSR count). The molecule has 0 aromatic heterocycles. The van der Waals surface area contributed by atoms with Crippen LogP contribution in [0.1, 0.15) is 34.1 Å². The third kappa shape index (κ3) is 2.37. The maximum absolute atomic E-state index is 2.67. The zero-order valence-corrected chi connectivity index (χ0v) is 14.3. The lowest BCUT2D eigenvalue weighted by molar-refractivity contribution is 0.153. The van der Waals surface area contributed by atoms with E-state index in [-0.39, 0.29) is 5.41 Å². The van der Waals surface area contributed by atoms with Crippen molar-refractivity contribution >= 4 is 0 Å². The summed E-state index contributed by atoms with van der Waals surface area (Å²) in [6, 6.07) is 0.620. The smallest absolute Gasteiger partial charge is 0.0597 e. The largest absolute Gasteiger partial charge is 0.375 e. The topological polar surface area (TPSA) is 9.72 Å². The molecule has 0 N–H and O–H groups in total. The van der Waals surface area contributed by atoms with Crippen molar-refractivity contribution in [3.8, 4) is 0 Å². The average Bonchev–Trinajstić information content (AvgIpc) is 2.58. The molecule has 1 fully saturated rings. The highest BCUT2D eigenvalue weighted by Crippen LogP contribution is 2.50. The van der Waals surface area contributed by atoms with Crippen molar-refractivity contribution in [3.05, 3.63) is 23.0 Å². The van der Waals surface area contributed by atoms with Gasteiger partial charge in [0, 0.05) is 37.3 Å². The predicted octanol–water partition coefficient (Wildman–Crippen LogP) is 2.77. The molecule has 3 heteroatoms. The van der Waals surface area contributed by atoms with Gasteiger partial charge in [-0.05, 0) is 46.5 Å².